The quantitative estimate of drug-likeness (QED) is 0.709. The number of aliphatic hydroxyl groups is 1. The second-order valence-corrected chi connectivity index (χ2v) is 6.09. The van der Waals surface area contributed by atoms with Gasteiger partial charge in [-0.05, 0) is 40.5 Å². The first-order chi connectivity index (χ1) is 12.7. The molecule has 26 heavy (non-hydrogen) atoms. The lowest BCUT2D eigenvalue weighted by Crippen LogP contribution is -2.08. The maximum Gasteiger partial charge on any atom is 0.141 e. The number of nitrogens with zero attached hydrogens (tertiary/aromatic N) is 1. The van der Waals surface area contributed by atoms with Crippen molar-refractivity contribution in [2.45, 2.75) is 19.4 Å². The van der Waals surface area contributed by atoms with E-state index in [1.54, 1.807) is 19.5 Å². The number of rotatable bonds is 7. The van der Waals surface area contributed by atoms with Crippen molar-refractivity contribution in [1.82, 2.24) is 4.98 Å². The molecule has 1 aromatic heterocycles. The molecule has 4 heteroatoms. The number of ether oxygens (including phenoxy) is 1. The molecule has 3 rings (SSSR count). The van der Waals surface area contributed by atoms with Crippen molar-refractivity contribution in [2.24, 2.45) is 0 Å². The van der Waals surface area contributed by atoms with Gasteiger partial charge < -0.3 is 9.84 Å². The van der Waals surface area contributed by atoms with E-state index in [9.17, 15) is 9.90 Å². The zero-order chi connectivity index (χ0) is 18.4. The van der Waals surface area contributed by atoms with E-state index in [2.05, 4.69) is 4.98 Å². The van der Waals surface area contributed by atoms with Crippen molar-refractivity contribution in [3.05, 3.63) is 83.7 Å². The third kappa shape index (κ3) is 4.16. The summed E-state index contributed by atoms with van der Waals surface area (Å²) in [6.07, 6.45) is 4.09. The number of carbonyl (C=O) groups is 1. The molecule has 0 saturated carbocycles. The number of carbonyl (C=O) groups excluding carboxylic acids is 1. The third-order valence-corrected chi connectivity index (χ3v) is 4.31. The van der Waals surface area contributed by atoms with Crippen molar-refractivity contribution >= 4 is 5.78 Å². The number of ketones is 1. The van der Waals surface area contributed by atoms with E-state index >= 15 is 0 Å². The smallest absolute Gasteiger partial charge is 0.141 e. The number of hydrogen-bond donors (Lipinski definition) is 1. The Morgan fingerprint density at radius 1 is 1.00 bits per heavy atom. The van der Waals surface area contributed by atoms with Gasteiger partial charge in [0.2, 0.25) is 0 Å². The van der Waals surface area contributed by atoms with E-state index in [1.165, 1.54) is 0 Å². The summed E-state index contributed by atoms with van der Waals surface area (Å²) in [7, 11) is 1.61. The lowest BCUT2D eigenvalue weighted by molar-refractivity contribution is -0.117. The monoisotopic (exact) mass is 347 g/mol. The molecule has 0 saturated heterocycles. The van der Waals surface area contributed by atoms with Crippen molar-refractivity contribution in [3.8, 4) is 16.9 Å². The lowest BCUT2D eigenvalue weighted by Gasteiger charge is -2.11. The summed E-state index contributed by atoms with van der Waals surface area (Å²) in [6, 6.07) is 17.1. The van der Waals surface area contributed by atoms with Crippen molar-refractivity contribution in [1.29, 1.82) is 0 Å². The fraction of sp³-hybridized carbons (Fsp3) is 0.182. The maximum absolute atomic E-state index is 12.5. The first kappa shape index (κ1) is 17.8. The fourth-order valence-corrected chi connectivity index (χ4v) is 3.05. The molecular formula is C22H21NO3. The minimum atomic E-state index is -0.0772. The Hall–Kier alpha value is -2.98. The van der Waals surface area contributed by atoms with Crippen molar-refractivity contribution in [3.63, 3.8) is 0 Å². The minimum Gasteiger partial charge on any atom is -0.496 e. The molecule has 0 amide bonds. The summed E-state index contributed by atoms with van der Waals surface area (Å²) in [5, 5.41) is 9.72. The van der Waals surface area contributed by atoms with Gasteiger partial charge in [-0.15, -0.1) is 0 Å². The number of pyridine rings is 1. The first-order valence-corrected chi connectivity index (χ1v) is 8.48. The second kappa shape index (κ2) is 8.41. The van der Waals surface area contributed by atoms with Crippen LogP contribution in [0.2, 0.25) is 0 Å². The number of para-hydroxylation sites is 1. The maximum atomic E-state index is 12.5. The van der Waals surface area contributed by atoms with Crippen LogP contribution in [0.3, 0.4) is 0 Å². The molecule has 4 nitrogen and oxygen atoms in total. The molecule has 0 bridgehead atoms. The molecule has 1 N–H and O–H groups in total. The van der Waals surface area contributed by atoms with Crippen LogP contribution in [0.15, 0.2) is 67.0 Å². The average Bonchev–Trinajstić information content (AvgIpc) is 2.69. The number of methoxy groups -OCH3 is 1. The molecule has 132 valence electrons. The van der Waals surface area contributed by atoms with Gasteiger partial charge in [-0.25, -0.2) is 0 Å². The minimum absolute atomic E-state index is 0.0772. The molecule has 0 fully saturated rings. The molecule has 0 aliphatic carbocycles. The molecule has 0 unspecified atom stereocenters. The molecule has 0 atom stereocenters. The zero-order valence-electron chi connectivity index (χ0n) is 14.7. The molecule has 3 aromatic rings. The van der Waals surface area contributed by atoms with Crippen LogP contribution in [0.25, 0.3) is 11.1 Å². The number of aliphatic hydroxyl groups excluding tert-OH is 1. The fourth-order valence-electron chi connectivity index (χ4n) is 3.05. The Balaban J connectivity index is 1.77. The Morgan fingerprint density at radius 2 is 1.77 bits per heavy atom. The van der Waals surface area contributed by atoms with E-state index in [0.717, 1.165) is 33.6 Å². The summed E-state index contributed by atoms with van der Waals surface area (Å²) < 4.78 is 5.31. The van der Waals surface area contributed by atoms with Gasteiger partial charge in [-0.3, -0.25) is 9.78 Å². The number of benzene rings is 2. The van der Waals surface area contributed by atoms with Crippen molar-refractivity contribution in [2.75, 3.05) is 7.11 Å². The molecule has 2 aromatic carbocycles. The second-order valence-electron chi connectivity index (χ2n) is 6.09. The van der Waals surface area contributed by atoms with Gasteiger partial charge in [0.15, 0.2) is 0 Å². The Morgan fingerprint density at radius 3 is 2.50 bits per heavy atom. The molecule has 0 aliphatic heterocycles. The van der Waals surface area contributed by atoms with E-state index in [0.29, 0.717) is 12.8 Å². The van der Waals surface area contributed by atoms with Gasteiger partial charge in [-0.1, -0.05) is 36.4 Å². The highest BCUT2D eigenvalue weighted by molar-refractivity contribution is 5.84. The number of hydrogen-bond acceptors (Lipinski definition) is 4. The highest BCUT2D eigenvalue weighted by Crippen LogP contribution is 2.25. The van der Waals surface area contributed by atoms with Gasteiger partial charge in [0.1, 0.15) is 11.5 Å². The van der Waals surface area contributed by atoms with Crippen LogP contribution in [0.4, 0.5) is 0 Å². The summed E-state index contributed by atoms with van der Waals surface area (Å²) >= 11 is 0. The Kier molecular flexibility index (Phi) is 5.77. The largest absolute Gasteiger partial charge is 0.496 e. The summed E-state index contributed by atoms with van der Waals surface area (Å²) in [6.45, 7) is -0.0772. The van der Waals surface area contributed by atoms with E-state index in [-0.39, 0.29) is 12.4 Å². The van der Waals surface area contributed by atoms with Gasteiger partial charge in [0.25, 0.3) is 0 Å². The summed E-state index contributed by atoms with van der Waals surface area (Å²) in [4.78, 5) is 16.5. The van der Waals surface area contributed by atoms with Crippen LogP contribution in [0.5, 0.6) is 5.75 Å². The predicted octanol–water partition coefficient (Wildman–Crippen LogP) is 3.60. The third-order valence-electron chi connectivity index (χ3n) is 4.31. The molecule has 0 spiro atoms. The average molecular weight is 347 g/mol. The van der Waals surface area contributed by atoms with E-state index in [1.807, 2.05) is 54.6 Å². The highest BCUT2D eigenvalue weighted by atomic mass is 16.5. The van der Waals surface area contributed by atoms with Crippen LogP contribution in [0, 0.1) is 0 Å². The van der Waals surface area contributed by atoms with E-state index in [4.69, 9.17) is 4.74 Å². The topological polar surface area (TPSA) is 59.4 Å². The van der Waals surface area contributed by atoms with Crippen molar-refractivity contribution < 1.29 is 14.6 Å². The molecule has 0 aliphatic rings. The number of aromatic nitrogens is 1. The summed E-state index contributed by atoms with van der Waals surface area (Å²) in [5.74, 6) is 0.833. The number of Topliss-reactive ketones (excluding diaryl/α,β-unsaturated/α-hetero) is 1. The molecule has 1 heterocycles. The highest BCUT2D eigenvalue weighted by Gasteiger charge is 2.11. The summed E-state index contributed by atoms with van der Waals surface area (Å²) in [5.41, 5.74) is 4.54. The van der Waals surface area contributed by atoms with Crippen LogP contribution in [0.1, 0.15) is 16.7 Å². The Labute approximate surface area is 153 Å². The van der Waals surface area contributed by atoms with E-state index < -0.39 is 0 Å². The Bertz CT molecular complexity index is 891. The van der Waals surface area contributed by atoms with Crippen LogP contribution in [-0.2, 0) is 24.2 Å². The van der Waals surface area contributed by atoms with Gasteiger partial charge >= 0.3 is 0 Å². The zero-order valence-corrected chi connectivity index (χ0v) is 14.7. The molecular weight excluding hydrogens is 326 g/mol. The van der Waals surface area contributed by atoms with Gasteiger partial charge in [-0.2, -0.15) is 0 Å². The van der Waals surface area contributed by atoms with Crippen LogP contribution in [-0.4, -0.2) is 23.0 Å². The lowest BCUT2D eigenvalue weighted by atomic mass is 9.95. The SMILES string of the molecule is COc1ccccc1CC(=O)Cc1ccc(-c2ccncc2)c(CO)c1. The normalized spacial score (nSPS) is 10.5. The predicted molar refractivity (Wildman–Crippen MR) is 101 cm³/mol. The molecule has 0 radical (unpaired) electrons. The van der Waals surface area contributed by atoms with Gasteiger partial charge in [0, 0.05) is 30.8 Å². The van der Waals surface area contributed by atoms with Crippen LogP contribution >= 0.6 is 0 Å². The standard InChI is InChI=1S/C22H21NO3/c1-26-22-5-3-2-4-18(22)14-20(25)13-16-6-7-21(19(12-16)15-24)17-8-10-23-11-9-17/h2-12,24H,13-15H2,1H3. The first-order valence-electron chi connectivity index (χ1n) is 8.48. The van der Waals surface area contributed by atoms with Crippen LogP contribution < -0.4 is 4.74 Å². The van der Waals surface area contributed by atoms with Gasteiger partial charge in [0.05, 0.1) is 13.7 Å².